The van der Waals surface area contributed by atoms with Crippen LogP contribution in [0.25, 0.3) is 0 Å². The van der Waals surface area contributed by atoms with Crippen molar-refractivity contribution >= 4 is 15.9 Å². The maximum Gasteiger partial charge on any atom is 0.124 e. The molecule has 0 radical (unpaired) electrons. The van der Waals surface area contributed by atoms with Crippen molar-refractivity contribution in [2.75, 3.05) is 14.2 Å². The van der Waals surface area contributed by atoms with Crippen molar-refractivity contribution in [3.05, 3.63) is 46.2 Å². The van der Waals surface area contributed by atoms with Gasteiger partial charge in [0.05, 0.1) is 18.8 Å². The first-order valence-corrected chi connectivity index (χ1v) is 6.45. The number of nitrogens with zero attached hydrogens (tertiary/aromatic N) is 2. The molecule has 1 heterocycles. The molecule has 4 nitrogen and oxygen atoms in total. The monoisotopic (exact) mass is 309 g/mol. The standard InChI is InChI=1S/C13H16BrN3O/c1-15-13(11-6-7-17(2)16-11)10-8-9(14)4-5-12(10)18-3/h4-8,13,15H,1-3H3. The summed E-state index contributed by atoms with van der Waals surface area (Å²) in [5.41, 5.74) is 2.03. The zero-order chi connectivity index (χ0) is 13.1. The normalized spacial score (nSPS) is 12.4. The highest BCUT2D eigenvalue weighted by atomic mass is 79.9. The molecule has 2 rings (SSSR count). The zero-order valence-electron chi connectivity index (χ0n) is 10.6. The van der Waals surface area contributed by atoms with Gasteiger partial charge < -0.3 is 10.1 Å². The van der Waals surface area contributed by atoms with Gasteiger partial charge in [-0.1, -0.05) is 15.9 Å². The van der Waals surface area contributed by atoms with Gasteiger partial charge in [-0.15, -0.1) is 0 Å². The first kappa shape index (κ1) is 13.1. The SMILES string of the molecule is CNC(c1ccn(C)n1)c1cc(Br)ccc1OC. The Kier molecular flexibility index (Phi) is 4.04. The molecule has 0 saturated heterocycles. The summed E-state index contributed by atoms with van der Waals surface area (Å²) in [4.78, 5) is 0. The third-order valence-corrected chi connectivity index (χ3v) is 3.31. The second-order valence-electron chi connectivity index (χ2n) is 4.02. The van der Waals surface area contributed by atoms with E-state index in [0.29, 0.717) is 0 Å². The highest BCUT2D eigenvalue weighted by Gasteiger charge is 2.19. The van der Waals surface area contributed by atoms with E-state index in [2.05, 4.69) is 32.4 Å². The summed E-state index contributed by atoms with van der Waals surface area (Å²) >= 11 is 3.49. The van der Waals surface area contributed by atoms with Crippen LogP contribution in [0, 0.1) is 0 Å². The quantitative estimate of drug-likeness (QED) is 0.943. The van der Waals surface area contributed by atoms with Gasteiger partial charge in [0.1, 0.15) is 5.75 Å². The maximum absolute atomic E-state index is 5.42. The van der Waals surface area contributed by atoms with Gasteiger partial charge in [-0.05, 0) is 31.3 Å². The lowest BCUT2D eigenvalue weighted by Crippen LogP contribution is -2.19. The van der Waals surface area contributed by atoms with Crippen LogP contribution >= 0.6 is 15.9 Å². The van der Waals surface area contributed by atoms with Crippen LogP contribution in [-0.4, -0.2) is 23.9 Å². The molecular formula is C13H16BrN3O. The Morgan fingerprint density at radius 2 is 2.17 bits per heavy atom. The van der Waals surface area contributed by atoms with Crippen LogP contribution in [0.2, 0.25) is 0 Å². The van der Waals surface area contributed by atoms with Crippen LogP contribution in [0.4, 0.5) is 0 Å². The molecule has 0 amide bonds. The van der Waals surface area contributed by atoms with E-state index in [1.807, 2.05) is 38.5 Å². The summed E-state index contributed by atoms with van der Waals surface area (Å²) < 4.78 is 8.23. The molecule has 1 atom stereocenters. The summed E-state index contributed by atoms with van der Waals surface area (Å²) in [6.45, 7) is 0. The number of ether oxygens (including phenoxy) is 1. The molecule has 1 N–H and O–H groups in total. The molecular weight excluding hydrogens is 294 g/mol. The summed E-state index contributed by atoms with van der Waals surface area (Å²) in [5.74, 6) is 0.850. The number of hydrogen-bond acceptors (Lipinski definition) is 3. The van der Waals surface area contributed by atoms with Crippen LogP contribution in [-0.2, 0) is 7.05 Å². The predicted molar refractivity (Wildman–Crippen MR) is 74.8 cm³/mol. The molecule has 0 spiro atoms. The lowest BCUT2D eigenvalue weighted by molar-refractivity contribution is 0.404. The Labute approximate surface area is 115 Å². The molecule has 0 aliphatic carbocycles. The number of benzene rings is 1. The van der Waals surface area contributed by atoms with Crippen LogP contribution in [0.5, 0.6) is 5.75 Å². The van der Waals surface area contributed by atoms with Gasteiger partial charge in [-0.25, -0.2) is 0 Å². The minimum atomic E-state index is 0.0126. The highest BCUT2D eigenvalue weighted by Crippen LogP contribution is 2.31. The van der Waals surface area contributed by atoms with E-state index in [-0.39, 0.29) is 6.04 Å². The van der Waals surface area contributed by atoms with Crippen molar-refractivity contribution in [3.63, 3.8) is 0 Å². The predicted octanol–water partition coefficient (Wildman–Crippen LogP) is 2.50. The Bertz CT molecular complexity index is 539. The van der Waals surface area contributed by atoms with Crippen LogP contribution in [0.3, 0.4) is 0 Å². The average molecular weight is 310 g/mol. The molecule has 1 aromatic carbocycles. The van der Waals surface area contributed by atoms with Crippen LogP contribution in [0.1, 0.15) is 17.3 Å². The van der Waals surface area contributed by atoms with E-state index < -0.39 is 0 Å². The fourth-order valence-corrected chi connectivity index (χ4v) is 2.36. The fraction of sp³-hybridized carbons (Fsp3) is 0.308. The number of aryl methyl sites for hydroxylation is 1. The van der Waals surface area contributed by atoms with Gasteiger partial charge in [0.25, 0.3) is 0 Å². The minimum absolute atomic E-state index is 0.0126. The number of halogens is 1. The summed E-state index contributed by atoms with van der Waals surface area (Å²) in [5, 5.41) is 7.72. The van der Waals surface area contributed by atoms with Gasteiger partial charge in [0.15, 0.2) is 0 Å². The van der Waals surface area contributed by atoms with Crippen molar-refractivity contribution in [2.24, 2.45) is 7.05 Å². The largest absolute Gasteiger partial charge is 0.496 e. The topological polar surface area (TPSA) is 39.1 Å². The molecule has 1 aromatic heterocycles. The van der Waals surface area contributed by atoms with E-state index >= 15 is 0 Å². The van der Waals surface area contributed by atoms with Crippen molar-refractivity contribution in [2.45, 2.75) is 6.04 Å². The van der Waals surface area contributed by atoms with Crippen molar-refractivity contribution in [3.8, 4) is 5.75 Å². The van der Waals surface area contributed by atoms with E-state index in [1.165, 1.54) is 0 Å². The first-order valence-electron chi connectivity index (χ1n) is 5.66. The molecule has 5 heteroatoms. The van der Waals surface area contributed by atoms with E-state index in [4.69, 9.17) is 4.74 Å². The van der Waals surface area contributed by atoms with Gasteiger partial charge in [0.2, 0.25) is 0 Å². The zero-order valence-corrected chi connectivity index (χ0v) is 12.2. The molecule has 0 aliphatic heterocycles. The molecule has 18 heavy (non-hydrogen) atoms. The third-order valence-electron chi connectivity index (χ3n) is 2.82. The Morgan fingerprint density at radius 1 is 1.39 bits per heavy atom. The molecule has 0 bridgehead atoms. The third kappa shape index (κ3) is 2.57. The summed E-state index contributed by atoms with van der Waals surface area (Å²) in [6, 6.07) is 7.98. The number of hydrogen-bond donors (Lipinski definition) is 1. The molecule has 2 aromatic rings. The smallest absolute Gasteiger partial charge is 0.124 e. The maximum atomic E-state index is 5.42. The average Bonchev–Trinajstić information content (AvgIpc) is 2.77. The Balaban J connectivity index is 2.47. The second-order valence-corrected chi connectivity index (χ2v) is 4.94. The number of aromatic nitrogens is 2. The molecule has 1 unspecified atom stereocenters. The number of rotatable bonds is 4. The number of methoxy groups -OCH3 is 1. The van der Waals surface area contributed by atoms with Gasteiger partial charge in [-0.2, -0.15) is 5.10 Å². The highest BCUT2D eigenvalue weighted by molar-refractivity contribution is 9.10. The minimum Gasteiger partial charge on any atom is -0.496 e. The lowest BCUT2D eigenvalue weighted by Gasteiger charge is -2.18. The van der Waals surface area contributed by atoms with E-state index in [9.17, 15) is 0 Å². The lowest BCUT2D eigenvalue weighted by atomic mass is 10.0. The van der Waals surface area contributed by atoms with Crippen molar-refractivity contribution in [1.82, 2.24) is 15.1 Å². The van der Waals surface area contributed by atoms with Gasteiger partial charge in [-0.3, -0.25) is 4.68 Å². The van der Waals surface area contributed by atoms with E-state index in [0.717, 1.165) is 21.5 Å². The van der Waals surface area contributed by atoms with Crippen LogP contribution in [0.15, 0.2) is 34.9 Å². The van der Waals surface area contributed by atoms with E-state index in [1.54, 1.807) is 11.8 Å². The van der Waals surface area contributed by atoms with Crippen molar-refractivity contribution < 1.29 is 4.74 Å². The summed E-state index contributed by atoms with van der Waals surface area (Å²) in [6.07, 6.45) is 1.93. The Hall–Kier alpha value is -1.33. The molecule has 0 aliphatic rings. The molecule has 0 saturated carbocycles. The second kappa shape index (κ2) is 5.54. The van der Waals surface area contributed by atoms with Gasteiger partial charge in [0, 0.05) is 23.3 Å². The Morgan fingerprint density at radius 3 is 2.72 bits per heavy atom. The number of nitrogens with one attached hydrogen (secondary N) is 1. The fourth-order valence-electron chi connectivity index (χ4n) is 1.98. The van der Waals surface area contributed by atoms with Crippen molar-refractivity contribution in [1.29, 1.82) is 0 Å². The molecule has 0 fully saturated rings. The molecule has 96 valence electrons. The first-order chi connectivity index (χ1) is 8.65. The van der Waals surface area contributed by atoms with Gasteiger partial charge >= 0.3 is 0 Å². The summed E-state index contributed by atoms with van der Waals surface area (Å²) in [7, 11) is 5.51. The van der Waals surface area contributed by atoms with Crippen LogP contribution < -0.4 is 10.1 Å².